The average Bonchev–Trinajstić information content (AvgIpc) is 3.27. The molecule has 190 valence electrons. The van der Waals surface area contributed by atoms with Crippen molar-refractivity contribution in [3.8, 4) is 5.75 Å². The van der Waals surface area contributed by atoms with Gasteiger partial charge in [0.15, 0.2) is 0 Å². The number of hydrogen-bond donors (Lipinski definition) is 0. The van der Waals surface area contributed by atoms with Gasteiger partial charge in [0.05, 0.1) is 6.61 Å². The number of hydrogen-bond acceptors (Lipinski definition) is 4. The van der Waals surface area contributed by atoms with Crippen molar-refractivity contribution in [2.24, 2.45) is 0 Å². The molecule has 6 nitrogen and oxygen atoms in total. The molecule has 6 heteroatoms. The summed E-state index contributed by atoms with van der Waals surface area (Å²) in [6.07, 6.45) is 5.82. The van der Waals surface area contributed by atoms with E-state index < -0.39 is 5.97 Å². The molecule has 4 rings (SSSR count). The first-order valence-corrected chi connectivity index (χ1v) is 12.5. The van der Waals surface area contributed by atoms with Crippen molar-refractivity contribution in [1.82, 2.24) is 9.47 Å². The van der Waals surface area contributed by atoms with Gasteiger partial charge in [0.25, 0.3) is 0 Å². The van der Waals surface area contributed by atoms with Gasteiger partial charge in [-0.15, -0.1) is 0 Å². The molecule has 4 aromatic rings. The Bertz CT molecular complexity index is 1360. The number of esters is 1. The molecule has 0 aliphatic carbocycles. The molecule has 0 aliphatic rings. The van der Waals surface area contributed by atoms with Gasteiger partial charge in [-0.1, -0.05) is 60.7 Å². The molecule has 1 amide bonds. The quantitative estimate of drug-likeness (QED) is 0.203. The smallest absolute Gasteiger partial charge is 0.330 e. The lowest BCUT2D eigenvalue weighted by Gasteiger charge is -2.18. The molecule has 0 atom stereocenters. The zero-order valence-electron chi connectivity index (χ0n) is 21.3. The van der Waals surface area contributed by atoms with Crippen molar-refractivity contribution in [2.75, 3.05) is 20.2 Å². The number of aromatic nitrogens is 1. The molecule has 3 aromatic carbocycles. The van der Waals surface area contributed by atoms with E-state index in [-0.39, 0.29) is 12.5 Å². The van der Waals surface area contributed by atoms with Crippen LogP contribution < -0.4 is 4.74 Å². The second-order valence-electron chi connectivity index (χ2n) is 8.80. The van der Waals surface area contributed by atoms with Gasteiger partial charge in [-0.05, 0) is 48.7 Å². The molecule has 0 saturated heterocycles. The highest BCUT2D eigenvalue weighted by molar-refractivity contribution is 5.95. The Hall–Kier alpha value is -4.32. The summed E-state index contributed by atoms with van der Waals surface area (Å²) in [4.78, 5) is 26.7. The molecule has 0 saturated carbocycles. The predicted molar refractivity (Wildman–Crippen MR) is 146 cm³/mol. The van der Waals surface area contributed by atoms with Crippen LogP contribution in [0.2, 0.25) is 0 Å². The predicted octanol–water partition coefficient (Wildman–Crippen LogP) is 5.50. The van der Waals surface area contributed by atoms with Crippen molar-refractivity contribution >= 4 is 28.9 Å². The molecule has 0 N–H and O–H groups in total. The highest BCUT2D eigenvalue weighted by Crippen LogP contribution is 2.28. The first-order chi connectivity index (χ1) is 18.0. The highest BCUT2D eigenvalue weighted by atomic mass is 16.5. The summed E-state index contributed by atoms with van der Waals surface area (Å²) >= 11 is 0. The molecule has 0 radical (unpaired) electrons. The van der Waals surface area contributed by atoms with Gasteiger partial charge >= 0.3 is 5.97 Å². The van der Waals surface area contributed by atoms with Crippen molar-refractivity contribution < 1.29 is 19.1 Å². The maximum absolute atomic E-state index is 13.1. The summed E-state index contributed by atoms with van der Waals surface area (Å²) in [6.45, 7) is 3.36. The SMILES string of the molecule is CCOC(=O)/C=C\c1cn(CC(=O)N(C)CCc2ccccc2)c2ccc(OCc3ccccc3)cc12. The van der Waals surface area contributed by atoms with Crippen LogP contribution in [0.3, 0.4) is 0 Å². The van der Waals surface area contributed by atoms with Crippen LogP contribution in [0.25, 0.3) is 17.0 Å². The zero-order valence-corrected chi connectivity index (χ0v) is 21.3. The van der Waals surface area contributed by atoms with Crippen LogP contribution in [-0.4, -0.2) is 41.5 Å². The minimum Gasteiger partial charge on any atom is -0.489 e. The number of rotatable bonds is 11. The summed E-state index contributed by atoms with van der Waals surface area (Å²) < 4.78 is 13.0. The Morgan fingerprint density at radius 1 is 0.946 bits per heavy atom. The number of ether oxygens (including phenoxy) is 2. The fourth-order valence-corrected chi connectivity index (χ4v) is 4.08. The summed E-state index contributed by atoms with van der Waals surface area (Å²) in [5.74, 6) is 0.320. The van der Waals surface area contributed by atoms with Gasteiger partial charge in [0.1, 0.15) is 18.9 Å². The second-order valence-corrected chi connectivity index (χ2v) is 8.80. The maximum atomic E-state index is 13.1. The van der Waals surface area contributed by atoms with Gasteiger partial charge in [-0.2, -0.15) is 0 Å². The van der Waals surface area contributed by atoms with Crippen molar-refractivity contribution in [3.63, 3.8) is 0 Å². The van der Waals surface area contributed by atoms with E-state index >= 15 is 0 Å². The third-order valence-electron chi connectivity index (χ3n) is 6.13. The molecule has 0 unspecified atom stereocenters. The lowest BCUT2D eigenvalue weighted by atomic mass is 10.1. The first kappa shape index (κ1) is 25.8. The number of nitrogens with zero attached hydrogens (tertiary/aromatic N) is 2. The maximum Gasteiger partial charge on any atom is 0.330 e. The van der Waals surface area contributed by atoms with Crippen molar-refractivity contribution in [1.29, 1.82) is 0 Å². The molecule has 0 bridgehead atoms. The van der Waals surface area contributed by atoms with Crippen LogP contribution in [0.4, 0.5) is 0 Å². The Kier molecular flexibility index (Phi) is 8.76. The normalized spacial score (nSPS) is 11.1. The second kappa shape index (κ2) is 12.6. The van der Waals surface area contributed by atoms with Crippen LogP contribution in [0.1, 0.15) is 23.6 Å². The summed E-state index contributed by atoms with van der Waals surface area (Å²) in [5.41, 5.74) is 3.98. The standard InChI is InChI=1S/C31H32N2O4/c1-3-36-31(35)17-14-26-21-33(22-30(34)32(2)19-18-24-10-6-4-7-11-24)29-16-15-27(20-28(26)29)37-23-25-12-8-5-9-13-25/h4-17,20-21H,3,18-19,22-23H2,1-2H3/b17-14-. The molecule has 0 spiro atoms. The van der Waals surface area contributed by atoms with Crippen LogP contribution in [0.5, 0.6) is 5.75 Å². The largest absolute Gasteiger partial charge is 0.489 e. The summed E-state index contributed by atoms with van der Waals surface area (Å²) in [5, 5.41) is 0.894. The van der Waals surface area contributed by atoms with E-state index in [1.165, 1.54) is 11.6 Å². The van der Waals surface area contributed by atoms with Gasteiger partial charge in [0.2, 0.25) is 5.91 Å². The van der Waals surface area contributed by atoms with Crippen LogP contribution in [-0.2, 0) is 33.9 Å². The van der Waals surface area contributed by atoms with Gasteiger partial charge in [-0.3, -0.25) is 4.79 Å². The van der Waals surface area contributed by atoms with E-state index in [4.69, 9.17) is 9.47 Å². The van der Waals surface area contributed by atoms with E-state index in [9.17, 15) is 9.59 Å². The topological polar surface area (TPSA) is 60.8 Å². The molecule has 0 fully saturated rings. The summed E-state index contributed by atoms with van der Waals surface area (Å²) in [6, 6.07) is 25.9. The zero-order chi connectivity index (χ0) is 26.0. The highest BCUT2D eigenvalue weighted by Gasteiger charge is 2.14. The van der Waals surface area contributed by atoms with Crippen LogP contribution >= 0.6 is 0 Å². The Labute approximate surface area is 217 Å². The number of likely N-dealkylation sites (N-methyl/N-ethyl adjacent to an activating group) is 1. The molecular weight excluding hydrogens is 464 g/mol. The van der Waals surface area contributed by atoms with E-state index in [2.05, 4.69) is 12.1 Å². The number of benzene rings is 3. The lowest BCUT2D eigenvalue weighted by molar-refractivity contribution is -0.137. The Balaban J connectivity index is 1.53. The van der Waals surface area contributed by atoms with Crippen LogP contribution in [0, 0.1) is 0 Å². The van der Waals surface area contributed by atoms with E-state index in [1.807, 2.05) is 84.5 Å². The summed E-state index contributed by atoms with van der Waals surface area (Å²) in [7, 11) is 1.83. The van der Waals surface area contributed by atoms with Gasteiger partial charge in [-0.25, -0.2) is 4.79 Å². The van der Waals surface area contributed by atoms with E-state index in [0.717, 1.165) is 28.5 Å². The number of carbonyl (C=O) groups is 2. The Morgan fingerprint density at radius 3 is 2.35 bits per heavy atom. The fourth-order valence-electron chi connectivity index (χ4n) is 4.08. The molecule has 1 aromatic heterocycles. The third kappa shape index (κ3) is 7.10. The van der Waals surface area contributed by atoms with E-state index in [1.54, 1.807) is 17.9 Å². The molecule has 37 heavy (non-hydrogen) atoms. The van der Waals surface area contributed by atoms with E-state index in [0.29, 0.717) is 25.5 Å². The number of amides is 1. The average molecular weight is 497 g/mol. The number of fused-ring (bicyclic) bond motifs is 1. The van der Waals surface area contributed by atoms with Gasteiger partial charge in [0, 0.05) is 42.3 Å². The minimum atomic E-state index is -0.406. The first-order valence-electron chi connectivity index (χ1n) is 12.5. The molecular formula is C31H32N2O4. The molecule has 0 aliphatic heterocycles. The monoisotopic (exact) mass is 496 g/mol. The van der Waals surface area contributed by atoms with Crippen LogP contribution in [0.15, 0.2) is 91.1 Å². The minimum absolute atomic E-state index is 0.0122. The van der Waals surface area contributed by atoms with Gasteiger partial charge < -0.3 is 18.9 Å². The molecule has 1 heterocycles. The fraction of sp³-hybridized carbons (Fsp3) is 0.226. The number of carbonyl (C=O) groups excluding carboxylic acids is 2. The van der Waals surface area contributed by atoms with Crippen molar-refractivity contribution in [2.45, 2.75) is 26.5 Å². The van der Waals surface area contributed by atoms with Crippen molar-refractivity contribution in [3.05, 3.63) is 108 Å². The lowest BCUT2D eigenvalue weighted by Crippen LogP contribution is -2.31. The Morgan fingerprint density at radius 2 is 1.65 bits per heavy atom. The third-order valence-corrected chi connectivity index (χ3v) is 6.13.